The van der Waals surface area contributed by atoms with Gasteiger partial charge in [-0.05, 0) is 54.0 Å². The van der Waals surface area contributed by atoms with Crippen molar-refractivity contribution in [2.45, 2.75) is 97.7 Å². The lowest BCUT2D eigenvalue weighted by atomic mass is 9.99. The van der Waals surface area contributed by atoms with Crippen molar-refractivity contribution in [2.24, 2.45) is 17.0 Å². The third kappa shape index (κ3) is 13.0. The summed E-state index contributed by atoms with van der Waals surface area (Å²) in [6, 6.07) is 10.4. The van der Waals surface area contributed by atoms with E-state index in [0.29, 0.717) is 0 Å². The highest BCUT2D eigenvalue weighted by Crippen LogP contribution is 2.18. The monoisotopic (exact) mass is 776 g/mol. The lowest BCUT2D eigenvalue weighted by Gasteiger charge is -2.30. The van der Waals surface area contributed by atoms with Crippen LogP contribution in [0.2, 0.25) is 0 Å². The Bertz CT molecular complexity index is 1810. The zero-order valence-electron chi connectivity index (χ0n) is 33.3. The lowest BCUT2D eigenvalue weighted by Crippen LogP contribution is -2.61. The number of rotatable bonds is 20. The zero-order chi connectivity index (χ0) is 41.7. The second kappa shape index (κ2) is 20.9. The van der Waals surface area contributed by atoms with Crippen LogP contribution in [0.3, 0.4) is 0 Å². The Hall–Kier alpha value is -5.64. The van der Waals surface area contributed by atoms with Gasteiger partial charge in [-0.25, -0.2) is 4.79 Å². The smallest absolute Gasteiger partial charge is 0.371 e. The van der Waals surface area contributed by atoms with Crippen LogP contribution in [-0.4, -0.2) is 108 Å². The van der Waals surface area contributed by atoms with Crippen molar-refractivity contribution in [3.63, 3.8) is 0 Å². The molecule has 4 N–H and O–H groups in total. The summed E-state index contributed by atoms with van der Waals surface area (Å²) < 4.78 is 6.77. The molecule has 3 rings (SSSR count). The molecule has 7 amide bonds. The number of hydrogen-bond donors (Lipinski definition) is 4. The van der Waals surface area contributed by atoms with Crippen molar-refractivity contribution in [3.8, 4) is 0 Å². The number of azo groups is 2. The van der Waals surface area contributed by atoms with Crippen LogP contribution in [0, 0.1) is 11.8 Å². The predicted molar refractivity (Wildman–Crippen MR) is 204 cm³/mol. The number of nitrogens with zero attached hydrogens (tertiary/aromatic N) is 3. The van der Waals surface area contributed by atoms with Crippen molar-refractivity contribution < 1.29 is 47.8 Å². The van der Waals surface area contributed by atoms with Crippen molar-refractivity contribution >= 4 is 47.1 Å². The van der Waals surface area contributed by atoms with E-state index in [-0.39, 0.29) is 54.7 Å². The number of fused-ring (bicyclic) bond motifs is 1. The van der Waals surface area contributed by atoms with E-state index in [1.54, 1.807) is 47.0 Å². The Morgan fingerprint density at radius 1 is 0.750 bits per heavy atom. The number of benzene rings is 2. The molecule has 0 aromatic heterocycles. The van der Waals surface area contributed by atoms with E-state index in [2.05, 4.69) is 26.4 Å². The van der Waals surface area contributed by atoms with E-state index in [1.165, 1.54) is 24.0 Å². The molecule has 5 atom stereocenters. The van der Waals surface area contributed by atoms with Crippen molar-refractivity contribution in [1.29, 1.82) is 0 Å². The fourth-order valence-electron chi connectivity index (χ4n) is 5.90. The van der Waals surface area contributed by atoms with Crippen LogP contribution in [0.15, 0.2) is 59.7 Å². The first-order chi connectivity index (χ1) is 26.4. The number of amides is 7. The van der Waals surface area contributed by atoms with Gasteiger partial charge in [-0.3, -0.25) is 33.6 Å². The van der Waals surface area contributed by atoms with Gasteiger partial charge in [-0.2, -0.15) is 0 Å². The molecule has 302 valence electrons. The van der Waals surface area contributed by atoms with E-state index in [0.717, 1.165) is 10.3 Å². The minimum absolute atomic E-state index is 0.0730. The zero-order valence-corrected chi connectivity index (χ0v) is 33.3. The van der Waals surface area contributed by atoms with Crippen LogP contribution in [0.4, 0.5) is 0 Å². The average molecular weight is 777 g/mol. The molecule has 1 aliphatic heterocycles. The van der Waals surface area contributed by atoms with E-state index in [9.17, 15) is 38.4 Å². The molecule has 1 aliphatic rings. The number of ether oxygens (including phenoxy) is 1. The highest BCUT2D eigenvalue weighted by molar-refractivity contribution is 6.07. The molecule has 0 fully saturated rings. The highest BCUT2D eigenvalue weighted by Gasteiger charge is 2.39. The minimum Gasteiger partial charge on any atom is -0.371 e. The molecule has 0 saturated heterocycles. The average Bonchev–Trinajstić information content (AvgIpc) is 3.14. The normalized spacial score (nSPS) is 15.1. The summed E-state index contributed by atoms with van der Waals surface area (Å²) in [4.78, 5) is 107. The summed E-state index contributed by atoms with van der Waals surface area (Å²) in [7, 11) is 3.08. The molecule has 0 aliphatic carbocycles. The maximum atomic E-state index is 14.1. The topological polar surface area (TPSA) is 213 Å². The van der Waals surface area contributed by atoms with Crippen LogP contribution in [-0.2, 0) is 40.1 Å². The lowest BCUT2D eigenvalue weighted by molar-refractivity contribution is -0.483. The van der Waals surface area contributed by atoms with Gasteiger partial charge >= 0.3 is 11.8 Å². The Labute approximate surface area is 327 Å². The number of carbonyl (C=O) groups is 8. The fraction of sp³-hybridized carbons (Fsp3) is 0.500. The Morgan fingerprint density at radius 2 is 1.34 bits per heavy atom. The van der Waals surface area contributed by atoms with Crippen LogP contribution in [0.1, 0.15) is 87.1 Å². The molecule has 0 radical (unpaired) electrons. The first-order valence-corrected chi connectivity index (χ1v) is 18.6. The van der Waals surface area contributed by atoms with E-state index in [4.69, 9.17) is 4.74 Å². The summed E-state index contributed by atoms with van der Waals surface area (Å²) in [6.45, 7) is 9.45. The Balaban J connectivity index is 1.89. The number of ketones is 1. The van der Waals surface area contributed by atoms with Gasteiger partial charge in [0, 0.05) is 32.6 Å². The van der Waals surface area contributed by atoms with Gasteiger partial charge in [0.2, 0.25) is 41.9 Å². The van der Waals surface area contributed by atoms with Crippen LogP contribution in [0.5, 0.6) is 0 Å². The van der Waals surface area contributed by atoms with Gasteiger partial charge in [0.05, 0.1) is 24.3 Å². The third-order valence-electron chi connectivity index (χ3n) is 9.04. The van der Waals surface area contributed by atoms with Gasteiger partial charge in [0.15, 0.2) is 0 Å². The van der Waals surface area contributed by atoms with Gasteiger partial charge in [-0.1, -0.05) is 70.2 Å². The summed E-state index contributed by atoms with van der Waals surface area (Å²) in [5.41, 5.74) is 0.985. The van der Waals surface area contributed by atoms with Gasteiger partial charge < -0.3 is 30.9 Å². The predicted octanol–water partition coefficient (Wildman–Crippen LogP) is 2.15. The molecule has 2 aromatic rings. The second-order valence-corrected chi connectivity index (χ2v) is 14.8. The molecule has 0 bridgehead atoms. The highest BCUT2D eigenvalue weighted by atomic mass is 16.5. The number of nitrogens with one attached hydrogen (secondary N) is 4. The van der Waals surface area contributed by atoms with Crippen molar-refractivity contribution in [3.05, 3.63) is 71.3 Å². The fourth-order valence-corrected chi connectivity index (χ4v) is 5.90. The number of Topliss-reactive ketones (excluding diaryl/α,β-unsaturated/α-hetero) is 1. The molecule has 0 spiro atoms. The summed E-state index contributed by atoms with van der Waals surface area (Å²) in [5.74, 6) is -5.48. The molecular weight excluding hydrogens is 722 g/mol. The summed E-state index contributed by atoms with van der Waals surface area (Å²) >= 11 is 0. The van der Waals surface area contributed by atoms with E-state index < -0.39 is 78.0 Å². The molecule has 0 saturated carbocycles. The molecular formula is C40H54N7O9+. The van der Waals surface area contributed by atoms with Gasteiger partial charge in [0.1, 0.15) is 23.7 Å². The maximum Gasteiger partial charge on any atom is 0.445 e. The first-order valence-electron chi connectivity index (χ1n) is 18.6. The number of carbonyl (C=O) groups excluding carboxylic acids is 8. The standard InChI is InChI=1S/C40H53N7O9/c1-23(2)20-31(43-39(54)35(25(5)56-22-27-14-10-9-11-15-27)44-38(53)34(24(3)4)41-26(6)48)37(52)42-30(18-19-33(50)46(7)8)32(49)21-47-40(55)29-17-13-12-16-28(29)36(51)45-47/h9-17,23-25,30-31,34-35H,18-22H2,1-8H3,(H3-,41,42,43,44,48,52,53,54)/p+1/t25?,30-,31-,34-,35?/m0/s1. The maximum absolute atomic E-state index is 14.1. The third-order valence-corrected chi connectivity index (χ3v) is 9.04. The van der Waals surface area contributed by atoms with E-state index >= 15 is 0 Å². The van der Waals surface area contributed by atoms with E-state index in [1.807, 2.05) is 44.2 Å². The molecule has 16 nitrogen and oxygen atoms in total. The summed E-state index contributed by atoms with van der Waals surface area (Å²) in [6.07, 6.45) is -1.11. The number of hydrogen-bond acceptors (Lipinski definition) is 9. The van der Waals surface area contributed by atoms with Crippen molar-refractivity contribution in [2.75, 3.05) is 20.6 Å². The van der Waals surface area contributed by atoms with Crippen LogP contribution >= 0.6 is 0 Å². The largest absolute Gasteiger partial charge is 0.445 e. The molecule has 56 heavy (non-hydrogen) atoms. The molecule has 2 unspecified atom stereocenters. The van der Waals surface area contributed by atoms with Crippen LogP contribution < -0.4 is 21.3 Å². The first kappa shape index (κ1) is 44.8. The van der Waals surface area contributed by atoms with Crippen molar-refractivity contribution in [1.82, 2.24) is 26.2 Å². The quantitative estimate of drug-likeness (QED) is 0.145. The minimum atomic E-state index is -1.33. The molecule has 1 heterocycles. The van der Waals surface area contributed by atoms with Crippen LogP contribution in [0.25, 0.3) is 0 Å². The van der Waals surface area contributed by atoms with Gasteiger partial charge in [0.25, 0.3) is 0 Å². The molecule has 2 aromatic carbocycles. The SMILES string of the molecule is CC(=O)N[C@H](C(=O)NC(C(=O)N[C@@H](CC(C)C)C(=O)N[C@@H](CCC(=O)N(C)C)C(=O)C[N+]1=NC(=O)c2ccccc2C1=O)C(C)OCc1ccccc1)C(C)C. The summed E-state index contributed by atoms with van der Waals surface area (Å²) in [5, 5.41) is 14.5. The Morgan fingerprint density at radius 3 is 1.93 bits per heavy atom. The molecule has 16 heteroatoms. The van der Waals surface area contributed by atoms with Gasteiger partial charge in [-0.15, -0.1) is 0 Å². The second-order valence-electron chi connectivity index (χ2n) is 14.8. The Kier molecular flexibility index (Phi) is 16.7.